The molecule has 15 heavy (non-hydrogen) atoms. The van der Waals surface area contributed by atoms with Crippen molar-refractivity contribution in [2.45, 2.75) is 6.04 Å². The highest BCUT2D eigenvalue weighted by molar-refractivity contribution is 5.83. The second kappa shape index (κ2) is 3.74. The number of aromatic amines is 1. The second-order valence-electron chi connectivity index (χ2n) is 3.33. The van der Waals surface area contributed by atoms with Crippen LogP contribution in [0.2, 0.25) is 0 Å². The van der Waals surface area contributed by atoms with E-state index in [9.17, 15) is 4.79 Å². The molecule has 3 N–H and O–H groups in total. The van der Waals surface area contributed by atoms with Crippen LogP contribution in [0, 0.1) is 0 Å². The molecule has 0 bridgehead atoms. The third-order valence-corrected chi connectivity index (χ3v) is 2.39. The molecule has 0 fully saturated rings. The lowest BCUT2D eigenvalue weighted by atomic mass is 10.1. The maximum atomic E-state index is 11.2. The maximum absolute atomic E-state index is 11.2. The maximum Gasteiger partial charge on any atom is 0.327 e. The van der Waals surface area contributed by atoms with Crippen LogP contribution in [0.15, 0.2) is 30.5 Å². The molecule has 0 radical (unpaired) electrons. The number of methoxy groups -OCH3 is 1. The van der Waals surface area contributed by atoms with Crippen LogP contribution in [0.5, 0.6) is 0 Å². The Morgan fingerprint density at radius 1 is 1.47 bits per heavy atom. The van der Waals surface area contributed by atoms with E-state index in [1.807, 2.05) is 30.5 Å². The van der Waals surface area contributed by atoms with Crippen molar-refractivity contribution in [1.82, 2.24) is 4.98 Å². The van der Waals surface area contributed by atoms with Gasteiger partial charge in [-0.3, -0.25) is 4.79 Å². The Bertz CT molecular complexity index is 490. The molecule has 0 saturated heterocycles. The molecule has 0 saturated carbocycles. The van der Waals surface area contributed by atoms with Crippen molar-refractivity contribution >= 4 is 16.9 Å². The largest absolute Gasteiger partial charge is 0.468 e. The van der Waals surface area contributed by atoms with Gasteiger partial charge in [-0.15, -0.1) is 0 Å². The minimum absolute atomic E-state index is 0.430. The topological polar surface area (TPSA) is 68.1 Å². The number of hydrogen-bond acceptors (Lipinski definition) is 3. The molecule has 1 aromatic heterocycles. The van der Waals surface area contributed by atoms with Crippen LogP contribution < -0.4 is 5.73 Å². The summed E-state index contributed by atoms with van der Waals surface area (Å²) in [6.07, 6.45) is 1.85. The van der Waals surface area contributed by atoms with Crippen LogP contribution in [0.3, 0.4) is 0 Å². The van der Waals surface area contributed by atoms with Crippen LogP contribution in [0.4, 0.5) is 0 Å². The predicted molar refractivity (Wildman–Crippen MR) is 57.2 cm³/mol. The molecule has 4 heteroatoms. The molecule has 4 nitrogen and oxygen atoms in total. The van der Waals surface area contributed by atoms with Crippen molar-refractivity contribution in [1.29, 1.82) is 0 Å². The molecule has 0 aliphatic carbocycles. The number of aromatic nitrogens is 1. The summed E-state index contributed by atoms with van der Waals surface area (Å²) < 4.78 is 4.59. The summed E-state index contributed by atoms with van der Waals surface area (Å²) in [5.74, 6) is -0.430. The number of hydrogen-bond donors (Lipinski definition) is 2. The highest BCUT2D eigenvalue weighted by Gasteiger charge is 2.16. The molecule has 0 aliphatic rings. The molecule has 1 heterocycles. The van der Waals surface area contributed by atoms with Gasteiger partial charge in [0, 0.05) is 11.7 Å². The molecule has 1 aromatic carbocycles. The average Bonchev–Trinajstić information content (AvgIpc) is 2.73. The van der Waals surface area contributed by atoms with Crippen molar-refractivity contribution in [3.63, 3.8) is 0 Å². The Labute approximate surface area is 87.0 Å². The lowest BCUT2D eigenvalue weighted by Crippen LogP contribution is -2.22. The fourth-order valence-corrected chi connectivity index (χ4v) is 1.52. The van der Waals surface area contributed by atoms with Gasteiger partial charge in [-0.25, -0.2) is 0 Å². The molecule has 0 amide bonds. The van der Waals surface area contributed by atoms with E-state index in [-0.39, 0.29) is 0 Å². The highest BCUT2D eigenvalue weighted by atomic mass is 16.5. The van der Waals surface area contributed by atoms with Gasteiger partial charge in [0.15, 0.2) is 0 Å². The van der Waals surface area contributed by atoms with E-state index in [4.69, 9.17) is 5.73 Å². The number of esters is 1. The summed E-state index contributed by atoms with van der Waals surface area (Å²) in [7, 11) is 1.33. The van der Waals surface area contributed by atoms with Crippen molar-refractivity contribution in [2.24, 2.45) is 5.73 Å². The summed E-state index contributed by atoms with van der Waals surface area (Å²) in [6.45, 7) is 0. The molecular weight excluding hydrogens is 192 g/mol. The number of H-pyrrole nitrogens is 1. The van der Waals surface area contributed by atoms with Gasteiger partial charge < -0.3 is 15.5 Å². The summed E-state index contributed by atoms with van der Waals surface area (Å²) >= 11 is 0. The zero-order chi connectivity index (χ0) is 10.8. The SMILES string of the molecule is COC(=O)C(N)c1ccc2cc[nH]c2c1. The first kappa shape index (κ1) is 9.73. The Hall–Kier alpha value is -1.81. The van der Waals surface area contributed by atoms with E-state index in [1.165, 1.54) is 7.11 Å². The van der Waals surface area contributed by atoms with Gasteiger partial charge in [-0.05, 0) is 23.1 Å². The third kappa shape index (κ3) is 1.71. The second-order valence-corrected chi connectivity index (χ2v) is 3.33. The van der Waals surface area contributed by atoms with E-state index < -0.39 is 12.0 Å². The third-order valence-electron chi connectivity index (χ3n) is 2.39. The van der Waals surface area contributed by atoms with Crippen molar-refractivity contribution in [3.05, 3.63) is 36.0 Å². The standard InChI is InChI=1S/C11H12N2O2/c1-15-11(14)10(12)8-3-2-7-4-5-13-9(7)6-8/h2-6,10,13H,12H2,1H3. The quantitative estimate of drug-likeness (QED) is 0.725. The lowest BCUT2D eigenvalue weighted by Gasteiger charge is -2.09. The van der Waals surface area contributed by atoms with Crippen LogP contribution in [0.25, 0.3) is 10.9 Å². The van der Waals surface area contributed by atoms with Gasteiger partial charge in [0.2, 0.25) is 0 Å². The minimum Gasteiger partial charge on any atom is -0.468 e. The first-order valence-corrected chi connectivity index (χ1v) is 4.63. The molecule has 0 aliphatic heterocycles. The molecule has 2 rings (SSSR count). The van der Waals surface area contributed by atoms with E-state index in [2.05, 4.69) is 9.72 Å². The van der Waals surface area contributed by atoms with Crippen molar-refractivity contribution < 1.29 is 9.53 Å². The molecule has 1 atom stereocenters. The number of fused-ring (bicyclic) bond motifs is 1. The number of nitrogens with two attached hydrogens (primary N) is 1. The Balaban J connectivity index is 2.39. The Kier molecular flexibility index (Phi) is 2.43. The first-order valence-electron chi connectivity index (χ1n) is 4.63. The molecule has 78 valence electrons. The monoisotopic (exact) mass is 204 g/mol. The lowest BCUT2D eigenvalue weighted by molar-refractivity contribution is -0.142. The van der Waals surface area contributed by atoms with Gasteiger partial charge in [-0.2, -0.15) is 0 Å². The Morgan fingerprint density at radius 3 is 3.00 bits per heavy atom. The van der Waals surface area contributed by atoms with E-state index in [0.29, 0.717) is 0 Å². The normalized spacial score (nSPS) is 12.7. The number of benzene rings is 1. The van der Waals surface area contributed by atoms with E-state index in [0.717, 1.165) is 16.5 Å². The van der Waals surface area contributed by atoms with Crippen molar-refractivity contribution in [2.75, 3.05) is 7.11 Å². The predicted octanol–water partition coefficient (Wildman–Crippen LogP) is 1.34. The van der Waals surface area contributed by atoms with Crippen molar-refractivity contribution in [3.8, 4) is 0 Å². The summed E-state index contributed by atoms with van der Waals surface area (Å²) in [5.41, 5.74) is 7.43. The number of rotatable bonds is 2. The number of nitrogens with one attached hydrogen (secondary N) is 1. The molecular formula is C11H12N2O2. The summed E-state index contributed by atoms with van der Waals surface area (Å²) in [6, 6.07) is 6.85. The van der Waals surface area contributed by atoms with E-state index >= 15 is 0 Å². The number of carbonyl (C=O) groups is 1. The van der Waals surface area contributed by atoms with Gasteiger partial charge in [0.05, 0.1) is 7.11 Å². The average molecular weight is 204 g/mol. The Morgan fingerprint density at radius 2 is 2.27 bits per heavy atom. The minimum atomic E-state index is -0.720. The molecule has 2 aromatic rings. The van der Waals surface area contributed by atoms with Crippen LogP contribution in [0.1, 0.15) is 11.6 Å². The van der Waals surface area contributed by atoms with Gasteiger partial charge in [0.25, 0.3) is 0 Å². The molecule has 0 spiro atoms. The number of carbonyl (C=O) groups excluding carboxylic acids is 1. The van der Waals surface area contributed by atoms with Gasteiger partial charge in [0.1, 0.15) is 6.04 Å². The molecule has 1 unspecified atom stereocenters. The fraction of sp³-hybridized carbons (Fsp3) is 0.182. The zero-order valence-corrected chi connectivity index (χ0v) is 8.36. The van der Waals surface area contributed by atoms with Gasteiger partial charge >= 0.3 is 5.97 Å². The first-order chi connectivity index (χ1) is 7.22. The zero-order valence-electron chi connectivity index (χ0n) is 8.36. The summed E-state index contributed by atoms with van der Waals surface area (Å²) in [4.78, 5) is 14.3. The van der Waals surface area contributed by atoms with Gasteiger partial charge in [-0.1, -0.05) is 12.1 Å². The smallest absolute Gasteiger partial charge is 0.327 e. The van der Waals surface area contributed by atoms with E-state index in [1.54, 1.807) is 0 Å². The fourth-order valence-electron chi connectivity index (χ4n) is 1.52. The number of ether oxygens (including phenoxy) is 1. The van der Waals surface area contributed by atoms with Crippen LogP contribution >= 0.6 is 0 Å². The van der Waals surface area contributed by atoms with Crippen LogP contribution in [-0.2, 0) is 9.53 Å². The summed E-state index contributed by atoms with van der Waals surface area (Å²) in [5, 5.41) is 1.09. The highest BCUT2D eigenvalue weighted by Crippen LogP contribution is 2.18. The van der Waals surface area contributed by atoms with Crippen LogP contribution in [-0.4, -0.2) is 18.1 Å².